The van der Waals surface area contributed by atoms with Crippen molar-refractivity contribution >= 4 is 40.6 Å². The van der Waals surface area contributed by atoms with E-state index in [4.69, 9.17) is 21.3 Å². The molecule has 8 nitrogen and oxygen atoms in total. The number of carbonyl (C=O) groups is 2. The zero-order valence-corrected chi connectivity index (χ0v) is 24.7. The van der Waals surface area contributed by atoms with Crippen LogP contribution >= 0.6 is 11.6 Å². The highest BCUT2D eigenvalue weighted by Gasteiger charge is 2.27. The number of piperidine rings is 1. The van der Waals surface area contributed by atoms with Gasteiger partial charge >= 0.3 is 6.09 Å². The highest BCUT2D eigenvalue weighted by molar-refractivity contribution is 6.30. The maximum atomic E-state index is 13.7. The summed E-state index contributed by atoms with van der Waals surface area (Å²) in [6.07, 6.45) is 1.24. The minimum absolute atomic E-state index is 0.109. The number of hydrogen-bond acceptors (Lipinski definition) is 5. The van der Waals surface area contributed by atoms with Crippen LogP contribution in [0.2, 0.25) is 5.02 Å². The van der Waals surface area contributed by atoms with Gasteiger partial charge in [0, 0.05) is 36.3 Å². The van der Waals surface area contributed by atoms with Gasteiger partial charge in [-0.1, -0.05) is 35.9 Å². The largest absolute Gasteiger partial charge is 0.444 e. The molecule has 0 saturated carbocycles. The summed E-state index contributed by atoms with van der Waals surface area (Å²) in [6, 6.07) is 19.0. The third kappa shape index (κ3) is 7.39. The number of hydrogen-bond donors (Lipinski definition) is 2. The van der Waals surface area contributed by atoms with Crippen LogP contribution in [0.4, 0.5) is 15.1 Å². The predicted molar refractivity (Wildman–Crippen MR) is 162 cm³/mol. The number of nitrogens with one attached hydrogen (secondary N) is 2. The number of halogens is 2. The summed E-state index contributed by atoms with van der Waals surface area (Å²) in [5.74, 6) is 0.215. The van der Waals surface area contributed by atoms with Crippen LogP contribution in [-0.2, 0) is 17.8 Å². The topological polar surface area (TPSA) is 88.5 Å². The van der Waals surface area contributed by atoms with Gasteiger partial charge in [-0.3, -0.25) is 4.79 Å². The second kappa shape index (κ2) is 12.4. The molecule has 0 spiro atoms. The van der Waals surface area contributed by atoms with E-state index in [2.05, 4.69) is 20.1 Å². The zero-order valence-electron chi connectivity index (χ0n) is 24.0. The number of ether oxygens (including phenoxy) is 1. The number of rotatable bonds is 7. The van der Waals surface area contributed by atoms with Crippen molar-refractivity contribution in [3.05, 3.63) is 94.3 Å². The molecule has 2 N–H and O–H groups in total. The number of nitrogens with zero attached hydrogens (tertiary/aromatic N) is 3. The number of alkyl carbamates (subject to hydrolysis) is 1. The highest BCUT2D eigenvalue weighted by atomic mass is 35.5. The average Bonchev–Trinajstić information content (AvgIpc) is 3.30. The van der Waals surface area contributed by atoms with E-state index in [0.29, 0.717) is 30.2 Å². The summed E-state index contributed by atoms with van der Waals surface area (Å²) >= 11 is 5.98. The lowest BCUT2D eigenvalue weighted by molar-refractivity contribution is 0.0499. The van der Waals surface area contributed by atoms with Crippen LogP contribution in [0.5, 0.6) is 0 Å². The molecular weight excluding hydrogens is 557 g/mol. The van der Waals surface area contributed by atoms with Crippen molar-refractivity contribution in [2.75, 3.05) is 18.0 Å². The molecule has 10 heteroatoms. The lowest BCUT2D eigenvalue weighted by atomic mass is 10.1. The summed E-state index contributed by atoms with van der Waals surface area (Å²) in [7, 11) is 0. The lowest BCUT2D eigenvalue weighted by Gasteiger charge is -2.34. The van der Waals surface area contributed by atoms with Gasteiger partial charge in [-0.2, -0.15) is 0 Å². The van der Waals surface area contributed by atoms with Crippen LogP contribution in [-0.4, -0.2) is 46.3 Å². The molecule has 0 aliphatic carbocycles. The van der Waals surface area contributed by atoms with Gasteiger partial charge in [0.1, 0.15) is 11.4 Å². The minimum atomic E-state index is -0.583. The summed E-state index contributed by atoms with van der Waals surface area (Å²) in [4.78, 5) is 32.7. The SMILES string of the molecule is CC(C)(C)OC(=O)NC1CCCN(c2nc3ccc(C(=O)NCc4ccc(Cl)cc4)cc3n2Cc2ccc(F)cc2)C1. The van der Waals surface area contributed by atoms with Crippen molar-refractivity contribution in [3.63, 3.8) is 0 Å². The quantitative estimate of drug-likeness (QED) is 0.263. The van der Waals surface area contributed by atoms with Gasteiger partial charge in [-0.25, -0.2) is 14.2 Å². The van der Waals surface area contributed by atoms with Crippen LogP contribution in [0.3, 0.4) is 0 Å². The first kappa shape index (κ1) is 29.4. The summed E-state index contributed by atoms with van der Waals surface area (Å²) < 4.78 is 21.2. The van der Waals surface area contributed by atoms with E-state index in [1.807, 2.05) is 45.0 Å². The van der Waals surface area contributed by atoms with Gasteiger partial charge in [-0.05, 0) is 87.2 Å². The van der Waals surface area contributed by atoms with Gasteiger partial charge < -0.3 is 24.8 Å². The smallest absolute Gasteiger partial charge is 0.407 e. The molecule has 42 heavy (non-hydrogen) atoms. The third-order valence-corrected chi connectivity index (χ3v) is 7.29. The van der Waals surface area contributed by atoms with E-state index >= 15 is 0 Å². The van der Waals surface area contributed by atoms with Crippen molar-refractivity contribution in [2.45, 2.75) is 58.3 Å². The van der Waals surface area contributed by atoms with Crippen molar-refractivity contribution in [1.29, 1.82) is 0 Å². The van der Waals surface area contributed by atoms with Crippen LogP contribution in [0.25, 0.3) is 11.0 Å². The lowest BCUT2D eigenvalue weighted by Crippen LogP contribution is -2.49. The molecule has 1 aromatic heterocycles. The molecule has 1 aliphatic heterocycles. The summed E-state index contributed by atoms with van der Waals surface area (Å²) in [6.45, 7) is 7.63. The Morgan fingerprint density at radius 3 is 2.48 bits per heavy atom. The number of carbonyl (C=O) groups excluding carboxylic acids is 2. The van der Waals surface area contributed by atoms with Gasteiger partial charge in [0.05, 0.1) is 17.6 Å². The van der Waals surface area contributed by atoms with Crippen LogP contribution in [0.15, 0.2) is 66.7 Å². The van der Waals surface area contributed by atoms with Crippen LogP contribution in [0, 0.1) is 5.82 Å². The van der Waals surface area contributed by atoms with Crippen molar-refractivity contribution in [1.82, 2.24) is 20.2 Å². The fourth-order valence-corrected chi connectivity index (χ4v) is 5.18. The molecule has 1 aliphatic rings. The second-order valence-electron chi connectivity index (χ2n) is 11.6. The van der Waals surface area contributed by atoms with Crippen LogP contribution < -0.4 is 15.5 Å². The Balaban J connectivity index is 1.42. The number of fused-ring (bicyclic) bond motifs is 1. The number of anilines is 1. The predicted octanol–water partition coefficient (Wildman–Crippen LogP) is 6.30. The molecule has 4 aromatic rings. The third-order valence-electron chi connectivity index (χ3n) is 7.04. The number of aromatic nitrogens is 2. The van der Waals surface area contributed by atoms with Gasteiger partial charge in [0.25, 0.3) is 5.91 Å². The maximum Gasteiger partial charge on any atom is 0.407 e. The van der Waals surface area contributed by atoms with Crippen molar-refractivity contribution in [2.24, 2.45) is 0 Å². The molecule has 0 radical (unpaired) electrons. The van der Waals surface area contributed by atoms with E-state index in [-0.39, 0.29) is 17.8 Å². The highest BCUT2D eigenvalue weighted by Crippen LogP contribution is 2.28. The van der Waals surface area contributed by atoms with Crippen molar-refractivity contribution < 1.29 is 18.7 Å². The van der Waals surface area contributed by atoms with Gasteiger partial charge in [0.15, 0.2) is 0 Å². The average molecular weight is 592 g/mol. The first-order valence-corrected chi connectivity index (χ1v) is 14.4. The van der Waals surface area contributed by atoms with Crippen molar-refractivity contribution in [3.8, 4) is 0 Å². The molecule has 2 heterocycles. The molecule has 5 rings (SSSR count). The van der Waals surface area contributed by atoms with Crippen LogP contribution in [0.1, 0.15) is 55.1 Å². The zero-order chi connectivity index (χ0) is 29.9. The molecule has 0 bridgehead atoms. The summed E-state index contributed by atoms with van der Waals surface area (Å²) in [5, 5.41) is 6.61. The molecule has 220 valence electrons. The molecular formula is C32H35ClFN5O3. The minimum Gasteiger partial charge on any atom is -0.444 e. The van der Waals surface area contributed by atoms with E-state index in [1.165, 1.54) is 12.1 Å². The number of benzene rings is 3. The molecule has 1 unspecified atom stereocenters. The van der Waals surface area contributed by atoms with E-state index < -0.39 is 11.7 Å². The molecule has 1 fully saturated rings. The van der Waals surface area contributed by atoms with Gasteiger partial charge in [-0.15, -0.1) is 0 Å². The standard InChI is InChI=1S/C32H35ClFN5O3/c1-32(2,3)42-31(41)36-26-5-4-16-38(20-26)30-37-27-15-10-23(29(40)35-18-21-6-11-24(33)12-7-21)17-28(27)39(30)19-22-8-13-25(34)14-9-22/h6-15,17,26H,4-5,16,18-20H2,1-3H3,(H,35,40)(H,36,41). The fourth-order valence-electron chi connectivity index (χ4n) is 5.06. The number of amides is 2. The molecule has 2 amide bonds. The molecule has 1 saturated heterocycles. The normalized spacial score (nSPS) is 15.5. The Bertz CT molecular complexity index is 1560. The Kier molecular flexibility index (Phi) is 8.68. The van der Waals surface area contributed by atoms with Gasteiger partial charge in [0.2, 0.25) is 5.95 Å². The fraction of sp³-hybridized carbons (Fsp3) is 0.344. The van der Waals surface area contributed by atoms with E-state index in [1.54, 1.807) is 30.3 Å². The van der Waals surface area contributed by atoms with E-state index in [0.717, 1.165) is 47.5 Å². The summed E-state index contributed by atoms with van der Waals surface area (Å²) in [5.41, 5.74) is 3.29. The second-order valence-corrected chi connectivity index (χ2v) is 12.0. The molecule has 3 aromatic carbocycles. The Morgan fingerprint density at radius 1 is 1.05 bits per heavy atom. The monoisotopic (exact) mass is 591 g/mol. The Labute approximate surface area is 249 Å². The Hall–Kier alpha value is -4.11. The Morgan fingerprint density at radius 2 is 1.76 bits per heavy atom. The maximum absolute atomic E-state index is 13.7. The first-order valence-electron chi connectivity index (χ1n) is 14.1. The number of imidazole rings is 1. The first-order chi connectivity index (χ1) is 20.0. The van der Waals surface area contributed by atoms with E-state index in [9.17, 15) is 14.0 Å². The molecule has 1 atom stereocenters.